The molecule has 2 N–H and O–H groups in total. The second-order valence-corrected chi connectivity index (χ2v) is 6.05. The number of carbonyl (C=O) groups excluding carboxylic acids is 2. The van der Waals surface area contributed by atoms with E-state index in [4.69, 9.17) is 4.74 Å². The zero-order chi connectivity index (χ0) is 17.6. The van der Waals surface area contributed by atoms with Crippen LogP contribution < -0.4 is 15.4 Å². The van der Waals surface area contributed by atoms with Gasteiger partial charge in [-0.15, -0.1) is 0 Å². The van der Waals surface area contributed by atoms with E-state index in [2.05, 4.69) is 17.6 Å². The van der Waals surface area contributed by atoms with Crippen molar-refractivity contribution >= 4 is 17.5 Å². The molecule has 1 heterocycles. The molecule has 0 unspecified atom stereocenters. The number of amides is 2. The molecule has 0 radical (unpaired) electrons. The maximum atomic E-state index is 12.5. The summed E-state index contributed by atoms with van der Waals surface area (Å²) in [6, 6.07) is 15.2. The number of anilines is 1. The molecular weight excluding hydrogens is 316 g/mol. The van der Waals surface area contributed by atoms with Crippen LogP contribution in [0.15, 0.2) is 48.5 Å². The minimum atomic E-state index is -0.277. The maximum absolute atomic E-state index is 12.5. The van der Waals surface area contributed by atoms with Crippen LogP contribution in [0.3, 0.4) is 0 Å². The third kappa shape index (κ3) is 4.18. The Morgan fingerprint density at radius 3 is 2.84 bits per heavy atom. The third-order valence-electron chi connectivity index (χ3n) is 4.32. The van der Waals surface area contributed by atoms with E-state index in [-0.39, 0.29) is 24.3 Å². The summed E-state index contributed by atoms with van der Waals surface area (Å²) < 4.78 is 5.57. The normalized spacial score (nSPS) is 15.6. The van der Waals surface area contributed by atoms with Gasteiger partial charge in [0.1, 0.15) is 5.75 Å². The lowest BCUT2D eigenvalue weighted by atomic mass is 9.92. The molecule has 130 valence electrons. The first kappa shape index (κ1) is 17.0. The van der Waals surface area contributed by atoms with E-state index in [9.17, 15) is 9.59 Å². The largest absolute Gasteiger partial charge is 0.493 e. The van der Waals surface area contributed by atoms with Crippen molar-refractivity contribution in [3.05, 3.63) is 59.7 Å². The number of fused-ring (bicyclic) bond motifs is 1. The standard InChI is InChI=1S/C20H22N2O3/c1-2-14-6-5-7-15(12-14)22-19(23)13-21-20(24)17-10-11-25-18-9-4-3-8-16(17)18/h3-9,12,17H,2,10-11,13H2,1H3,(H,21,24)(H,22,23)/t17-/m1/s1. The molecule has 5 heteroatoms. The van der Waals surface area contributed by atoms with E-state index in [0.717, 1.165) is 29.0 Å². The van der Waals surface area contributed by atoms with E-state index in [1.807, 2.05) is 48.5 Å². The smallest absolute Gasteiger partial charge is 0.243 e. The quantitative estimate of drug-likeness (QED) is 0.881. The van der Waals surface area contributed by atoms with Crippen LogP contribution >= 0.6 is 0 Å². The second kappa shape index (κ2) is 7.83. The number of benzene rings is 2. The molecule has 0 aromatic heterocycles. The van der Waals surface area contributed by atoms with Crippen LogP contribution in [0.25, 0.3) is 0 Å². The average Bonchev–Trinajstić information content (AvgIpc) is 2.65. The summed E-state index contributed by atoms with van der Waals surface area (Å²) in [7, 11) is 0. The monoisotopic (exact) mass is 338 g/mol. The van der Waals surface area contributed by atoms with E-state index in [1.165, 1.54) is 0 Å². The van der Waals surface area contributed by atoms with Crippen LogP contribution in [-0.4, -0.2) is 25.0 Å². The highest BCUT2D eigenvalue weighted by molar-refractivity contribution is 5.95. The summed E-state index contributed by atoms with van der Waals surface area (Å²) >= 11 is 0. The van der Waals surface area contributed by atoms with Crippen molar-refractivity contribution in [3.8, 4) is 5.75 Å². The maximum Gasteiger partial charge on any atom is 0.243 e. The summed E-state index contributed by atoms with van der Waals surface area (Å²) in [5.74, 6) is 0.0889. The highest BCUT2D eigenvalue weighted by atomic mass is 16.5. The first-order valence-corrected chi connectivity index (χ1v) is 8.55. The summed E-state index contributed by atoms with van der Waals surface area (Å²) in [5.41, 5.74) is 2.78. The summed E-state index contributed by atoms with van der Waals surface area (Å²) in [6.45, 7) is 2.52. The van der Waals surface area contributed by atoms with E-state index in [0.29, 0.717) is 13.0 Å². The summed E-state index contributed by atoms with van der Waals surface area (Å²) in [4.78, 5) is 24.6. The molecule has 3 rings (SSSR count). The summed E-state index contributed by atoms with van der Waals surface area (Å²) in [5, 5.41) is 5.55. The van der Waals surface area contributed by atoms with Gasteiger partial charge < -0.3 is 15.4 Å². The molecule has 2 aromatic carbocycles. The van der Waals surface area contributed by atoms with Gasteiger partial charge in [-0.1, -0.05) is 37.3 Å². The van der Waals surface area contributed by atoms with Crippen molar-refractivity contribution in [1.82, 2.24) is 5.32 Å². The average molecular weight is 338 g/mol. The lowest BCUT2D eigenvalue weighted by molar-refractivity contribution is -0.125. The Morgan fingerprint density at radius 1 is 1.16 bits per heavy atom. The van der Waals surface area contributed by atoms with Crippen molar-refractivity contribution in [2.75, 3.05) is 18.5 Å². The Kier molecular flexibility index (Phi) is 5.33. The van der Waals surface area contributed by atoms with Crippen molar-refractivity contribution in [3.63, 3.8) is 0 Å². The van der Waals surface area contributed by atoms with Crippen molar-refractivity contribution in [1.29, 1.82) is 0 Å². The molecule has 1 atom stereocenters. The molecule has 2 amide bonds. The molecule has 1 aliphatic rings. The van der Waals surface area contributed by atoms with Crippen LogP contribution in [0.1, 0.15) is 30.4 Å². The van der Waals surface area contributed by atoms with Gasteiger partial charge in [0.2, 0.25) is 11.8 Å². The minimum absolute atomic E-state index is 0.0469. The number of para-hydroxylation sites is 1. The molecule has 5 nitrogen and oxygen atoms in total. The molecular formula is C20H22N2O3. The number of carbonyl (C=O) groups is 2. The predicted molar refractivity (Wildman–Crippen MR) is 96.8 cm³/mol. The van der Waals surface area contributed by atoms with E-state index >= 15 is 0 Å². The van der Waals surface area contributed by atoms with Crippen LogP contribution in [-0.2, 0) is 16.0 Å². The molecule has 0 fully saturated rings. The lowest BCUT2D eigenvalue weighted by Gasteiger charge is -2.24. The number of ether oxygens (including phenoxy) is 1. The SMILES string of the molecule is CCc1cccc(NC(=O)CNC(=O)[C@@H]2CCOc3ccccc32)c1. The Balaban J connectivity index is 1.56. The Morgan fingerprint density at radius 2 is 2.00 bits per heavy atom. The van der Waals surface area contributed by atoms with E-state index < -0.39 is 0 Å². The number of hydrogen-bond acceptors (Lipinski definition) is 3. The van der Waals surface area contributed by atoms with Crippen LogP contribution in [0.5, 0.6) is 5.75 Å². The fourth-order valence-corrected chi connectivity index (χ4v) is 2.98. The molecule has 0 bridgehead atoms. The molecule has 2 aromatic rings. The number of hydrogen-bond donors (Lipinski definition) is 2. The molecule has 0 spiro atoms. The highest BCUT2D eigenvalue weighted by Gasteiger charge is 2.27. The third-order valence-corrected chi connectivity index (χ3v) is 4.32. The van der Waals surface area contributed by atoms with Gasteiger partial charge in [-0.25, -0.2) is 0 Å². The zero-order valence-corrected chi connectivity index (χ0v) is 14.2. The lowest BCUT2D eigenvalue weighted by Crippen LogP contribution is -2.37. The van der Waals surface area contributed by atoms with Gasteiger partial charge in [0.25, 0.3) is 0 Å². The first-order valence-electron chi connectivity index (χ1n) is 8.55. The molecule has 1 aliphatic heterocycles. The fourth-order valence-electron chi connectivity index (χ4n) is 2.98. The number of nitrogens with one attached hydrogen (secondary N) is 2. The number of rotatable bonds is 5. The van der Waals surface area contributed by atoms with Gasteiger partial charge in [0.05, 0.1) is 19.1 Å². The Bertz CT molecular complexity index is 773. The van der Waals surface area contributed by atoms with E-state index in [1.54, 1.807) is 0 Å². The van der Waals surface area contributed by atoms with Gasteiger partial charge in [0, 0.05) is 11.3 Å². The van der Waals surface area contributed by atoms with Crippen LogP contribution in [0.2, 0.25) is 0 Å². The fraction of sp³-hybridized carbons (Fsp3) is 0.300. The van der Waals surface area contributed by atoms with Crippen molar-refractivity contribution < 1.29 is 14.3 Å². The molecule has 25 heavy (non-hydrogen) atoms. The molecule has 0 saturated heterocycles. The minimum Gasteiger partial charge on any atom is -0.493 e. The second-order valence-electron chi connectivity index (χ2n) is 6.05. The van der Waals surface area contributed by atoms with Gasteiger partial charge in [0.15, 0.2) is 0 Å². The van der Waals surface area contributed by atoms with Gasteiger partial charge in [-0.2, -0.15) is 0 Å². The summed E-state index contributed by atoms with van der Waals surface area (Å²) in [6.07, 6.45) is 1.52. The number of aryl methyl sites for hydroxylation is 1. The van der Waals surface area contributed by atoms with Gasteiger partial charge in [-0.3, -0.25) is 9.59 Å². The molecule has 0 aliphatic carbocycles. The first-order chi connectivity index (χ1) is 12.2. The Labute approximate surface area is 147 Å². The highest BCUT2D eigenvalue weighted by Crippen LogP contribution is 2.33. The van der Waals surface area contributed by atoms with Crippen molar-refractivity contribution in [2.45, 2.75) is 25.7 Å². The zero-order valence-electron chi connectivity index (χ0n) is 14.2. The topological polar surface area (TPSA) is 67.4 Å². The van der Waals surface area contributed by atoms with Gasteiger partial charge in [-0.05, 0) is 36.6 Å². The van der Waals surface area contributed by atoms with Crippen LogP contribution in [0, 0.1) is 0 Å². The van der Waals surface area contributed by atoms with Crippen molar-refractivity contribution in [2.24, 2.45) is 0 Å². The Hall–Kier alpha value is -2.82. The predicted octanol–water partition coefficient (Wildman–Crippen LogP) is 2.87. The molecule has 0 saturated carbocycles. The van der Waals surface area contributed by atoms with Gasteiger partial charge >= 0.3 is 0 Å². The van der Waals surface area contributed by atoms with Crippen LogP contribution in [0.4, 0.5) is 5.69 Å².